The van der Waals surface area contributed by atoms with Crippen LogP contribution in [0.25, 0.3) is 0 Å². The number of carbonyl (C=O) groups is 1. The van der Waals surface area contributed by atoms with Gasteiger partial charge in [-0.05, 0) is 38.7 Å². The van der Waals surface area contributed by atoms with Gasteiger partial charge in [0.1, 0.15) is 5.76 Å². The molecule has 1 aromatic heterocycles. The Hall–Kier alpha value is -2.34. The molecule has 130 valence electrons. The van der Waals surface area contributed by atoms with E-state index < -0.39 is 6.10 Å². The van der Waals surface area contributed by atoms with Crippen molar-refractivity contribution in [3.63, 3.8) is 0 Å². The van der Waals surface area contributed by atoms with Crippen LogP contribution in [0.5, 0.6) is 0 Å². The first kappa shape index (κ1) is 18.0. The second-order valence-electron chi connectivity index (χ2n) is 5.80. The van der Waals surface area contributed by atoms with Crippen molar-refractivity contribution in [2.45, 2.75) is 39.2 Å². The first-order valence-corrected chi connectivity index (χ1v) is 8.24. The van der Waals surface area contributed by atoms with Crippen LogP contribution >= 0.6 is 0 Å². The predicted octanol–water partition coefficient (Wildman–Crippen LogP) is 2.65. The summed E-state index contributed by atoms with van der Waals surface area (Å²) in [6.45, 7) is 4.82. The second-order valence-corrected chi connectivity index (χ2v) is 5.80. The third-order valence-electron chi connectivity index (χ3n) is 3.96. The number of urea groups is 1. The van der Waals surface area contributed by atoms with Crippen LogP contribution in [-0.2, 0) is 6.42 Å². The van der Waals surface area contributed by atoms with Gasteiger partial charge in [-0.15, -0.1) is 0 Å². The first-order valence-electron chi connectivity index (χ1n) is 8.24. The van der Waals surface area contributed by atoms with Crippen molar-refractivity contribution in [3.05, 3.63) is 52.9 Å². The van der Waals surface area contributed by atoms with E-state index >= 15 is 0 Å². The monoisotopic (exact) mass is 331 g/mol. The van der Waals surface area contributed by atoms with Crippen LogP contribution in [0, 0.1) is 13.8 Å². The molecule has 1 atom stereocenters. The number of hydrogen-bond acceptors (Lipinski definition) is 4. The minimum atomic E-state index is -0.564. The van der Waals surface area contributed by atoms with Crippen molar-refractivity contribution >= 4 is 6.03 Å². The maximum atomic E-state index is 11.7. The van der Waals surface area contributed by atoms with Gasteiger partial charge in [0.15, 0.2) is 0 Å². The van der Waals surface area contributed by atoms with Crippen LogP contribution in [0.4, 0.5) is 4.79 Å². The second kappa shape index (κ2) is 9.08. The standard InChI is InChI=1S/C18H25N3O3/c1-13-16(14(2)24-21-13)9-6-11-19-18(23)20-12-10-17(22)15-7-4-3-5-8-15/h3-5,7-8,17,22H,6,9-12H2,1-2H3,(H2,19,20,23). The van der Waals surface area contributed by atoms with Gasteiger partial charge in [0.05, 0.1) is 11.8 Å². The lowest BCUT2D eigenvalue weighted by Gasteiger charge is -2.12. The third-order valence-corrected chi connectivity index (χ3v) is 3.96. The van der Waals surface area contributed by atoms with E-state index in [4.69, 9.17) is 4.52 Å². The molecule has 0 radical (unpaired) electrons. The van der Waals surface area contributed by atoms with Gasteiger partial charge in [0.2, 0.25) is 0 Å². The first-order chi connectivity index (χ1) is 11.6. The van der Waals surface area contributed by atoms with Crippen molar-refractivity contribution in [2.24, 2.45) is 0 Å². The molecular formula is C18H25N3O3. The van der Waals surface area contributed by atoms with Crippen LogP contribution < -0.4 is 10.6 Å². The number of aryl methyl sites for hydroxylation is 2. The quantitative estimate of drug-likeness (QED) is 0.649. The maximum absolute atomic E-state index is 11.7. The summed E-state index contributed by atoms with van der Waals surface area (Å²) in [5.74, 6) is 0.840. The van der Waals surface area contributed by atoms with Crippen molar-refractivity contribution in [2.75, 3.05) is 13.1 Å². The molecule has 0 fully saturated rings. The van der Waals surface area contributed by atoms with Crippen molar-refractivity contribution in [1.29, 1.82) is 0 Å². The van der Waals surface area contributed by atoms with E-state index in [1.54, 1.807) is 0 Å². The molecule has 0 aliphatic heterocycles. The molecule has 3 N–H and O–H groups in total. The molecule has 24 heavy (non-hydrogen) atoms. The molecule has 0 aliphatic carbocycles. The Labute approximate surface area is 142 Å². The zero-order valence-corrected chi connectivity index (χ0v) is 14.2. The van der Waals surface area contributed by atoms with Crippen molar-refractivity contribution in [3.8, 4) is 0 Å². The minimum absolute atomic E-state index is 0.214. The van der Waals surface area contributed by atoms with E-state index in [-0.39, 0.29) is 6.03 Å². The Kier molecular flexibility index (Phi) is 6.81. The van der Waals surface area contributed by atoms with Gasteiger partial charge in [0, 0.05) is 18.7 Å². The lowest BCUT2D eigenvalue weighted by Crippen LogP contribution is -2.37. The topological polar surface area (TPSA) is 87.4 Å². The summed E-state index contributed by atoms with van der Waals surface area (Å²) in [6.07, 6.45) is 1.57. The van der Waals surface area contributed by atoms with Crippen LogP contribution in [0.2, 0.25) is 0 Å². The van der Waals surface area contributed by atoms with Gasteiger partial charge in [-0.2, -0.15) is 0 Å². The van der Waals surface area contributed by atoms with Crippen LogP contribution in [0.3, 0.4) is 0 Å². The highest BCUT2D eigenvalue weighted by molar-refractivity contribution is 5.73. The van der Waals surface area contributed by atoms with E-state index in [1.807, 2.05) is 44.2 Å². The molecule has 0 saturated carbocycles. The lowest BCUT2D eigenvalue weighted by molar-refractivity contribution is 0.167. The Morgan fingerprint density at radius 1 is 1.21 bits per heavy atom. The number of rotatable bonds is 8. The normalized spacial score (nSPS) is 12.0. The number of aliphatic hydroxyl groups is 1. The van der Waals surface area contributed by atoms with Gasteiger partial charge < -0.3 is 20.3 Å². The highest BCUT2D eigenvalue weighted by Gasteiger charge is 2.09. The third kappa shape index (κ3) is 5.38. The van der Waals surface area contributed by atoms with E-state index in [9.17, 15) is 9.90 Å². The van der Waals surface area contributed by atoms with Crippen LogP contribution in [-0.4, -0.2) is 29.4 Å². The van der Waals surface area contributed by atoms with Gasteiger partial charge in [0.25, 0.3) is 0 Å². The Morgan fingerprint density at radius 2 is 1.92 bits per heavy atom. The summed E-state index contributed by atoms with van der Waals surface area (Å²) in [4.78, 5) is 11.7. The highest BCUT2D eigenvalue weighted by Crippen LogP contribution is 2.15. The number of nitrogens with zero attached hydrogens (tertiary/aromatic N) is 1. The molecule has 0 spiro atoms. The van der Waals surface area contributed by atoms with Crippen molar-refractivity contribution < 1.29 is 14.4 Å². The Bertz CT molecular complexity index is 621. The summed E-state index contributed by atoms with van der Waals surface area (Å²) in [6, 6.07) is 9.22. The van der Waals surface area contributed by atoms with E-state index in [1.165, 1.54) is 0 Å². The average molecular weight is 331 g/mol. The molecule has 1 heterocycles. The fraction of sp³-hybridized carbons (Fsp3) is 0.444. The zero-order chi connectivity index (χ0) is 17.4. The van der Waals surface area contributed by atoms with Crippen molar-refractivity contribution in [1.82, 2.24) is 15.8 Å². The summed E-state index contributed by atoms with van der Waals surface area (Å²) < 4.78 is 5.11. The number of aliphatic hydroxyl groups excluding tert-OH is 1. The SMILES string of the molecule is Cc1noc(C)c1CCCNC(=O)NCCC(O)c1ccccc1. The molecule has 0 saturated heterocycles. The maximum Gasteiger partial charge on any atom is 0.314 e. The Morgan fingerprint density at radius 3 is 2.58 bits per heavy atom. The predicted molar refractivity (Wildman–Crippen MR) is 91.7 cm³/mol. The molecule has 2 amide bonds. The number of hydrogen-bond donors (Lipinski definition) is 3. The molecule has 2 rings (SSSR count). The number of nitrogens with one attached hydrogen (secondary N) is 2. The average Bonchev–Trinajstić information content (AvgIpc) is 2.91. The van der Waals surface area contributed by atoms with Gasteiger partial charge >= 0.3 is 6.03 Å². The minimum Gasteiger partial charge on any atom is -0.388 e. The molecule has 0 aliphatic rings. The molecule has 1 unspecified atom stereocenters. The zero-order valence-electron chi connectivity index (χ0n) is 14.2. The van der Waals surface area contributed by atoms with Crippen LogP contribution in [0.15, 0.2) is 34.9 Å². The lowest BCUT2D eigenvalue weighted by atomic mass is 10.1. The van der Waals surface area contributed by atoms with E-state index in [2.05, 4.69) is 15.8 Å². The number of amides is 2. The fourth-order valence-electron chi connectivity index (χ4n) is 2.55. The van der Waals surface area contributed by atoms with E-state index in [0.29, 0.717) is 19.5 Å². The largest absolute Gasteiger partial charge is 0.388 e. The molecule has 0 bridgehead atoms. The number of aromatic nitrogens is 1. The van der Waals surface area contributed by atoms with Gasteiger partial charge in [-0.1, -0.05) is 35.5 Å². The van der Waals surface area contributed by atoms with Gasteiger partial charge in [-0.3, -0.25) is 0 Å². The summed E-state index contributed by atoms with van der Waals surface area (Å²) in [7, 11) is 0. The highest BCUT2D eigenvalue weighted by atomic mass is 16.5. The summed E-state index contributed by atoms with van der Waals surface area (Å²) in [5, 5.41) is 19.5. The number of carbonyl (C=O) groups excluding carboxylic acids is 1. The molecular weight excluding hydrogens is 306 g/mol. The van der Waals surface area contributed by atoms with Gasteiger partial charge in [-0.25, -0.2) is 4.79 Å². The molecule has 6 heteroatoms. The molecule has 6 nitrogen and oxygen atoms in total. The van der Waals surface area contributed by atoms with Crippen LogP contribution in [0.1, 0.15) is 41.5 Å². The number of benzene rings is 1. The summed E-state index contributed by atoms with van der Waals surface area (Å²) in [5.41, 5.74) is 2.88. The fourth-order valence-corrected chi connectivity index (χ4v) is 2.55. The molecule has 1 aromatic carbocycles. The van der Waals surface area contributed by atoms with E-state index in [0.717, 1.165) is 35.4 Å². The molecule has 2 aromatic rings. The smallest absolute Gasteiger partial charge is 0.314 e. The Balaban J connectivity index is 1.58. The summed E-state index contributed by atoms with van der Waals surface area (Å²) >= 11 is 0.